The zero-order chi connectivity index (χ0) is 18.2. The molecule has 2 saturated carbocycles. The first-order chi connectivity index (χ1) is 13.3. The van der Waals surface area contributed by atoms with Gasteiger partial charge in [0.25, 0.3) is 0 Å². The monoisotopic (exact) mass is 367 g/mol. The Morgan fingerprint density at radius 3 is 2.59 bits per heavy atom. The van der Waals surface area contributed by atoms with Gasteiger partial charge >= 0.3 is 5.69 Å². The van der Waals surface area contributed by atoms with Gasteiger partial charge in [0.15, 0.2) is 0 Å². The number of nitrogens with one attached hydrogen (secondary N) is 1. The minimum absolute atomic E-state index is 0.0620. The second kappa shape index (κ2) is 7.46. The lowest BCUT2D eigenvalue weighted by Crippen LogP contribution is -2.43. The van der Waals surface area contributed by atoms with Gasteiger partial charge in [-0.05, 0) is 55.6 Å². The number of hydrogen-bond acceptors (Lipinski definition) is 2. The topological polar surface area (TPSA) is 41.0 Å². The van der Waals surface area contributed by atoms with E-state index in [2.05, 4.69) is 16.0 Å². The van der Waals surface area contributed by atoms with Gasteiger partial charge in [-0.2, -0.15) is 0 Å². The van der Waals surface area contributed by atoms with E-state index in [0.29, 0.717) is 6.04 Å². The number of fused-ring (bicyclic) bond motifs is 2. The number of H-pyrrole nitrogens is 1. The summed E-state index contributed by atoms with van der Waals surface area (Å²) in [5.41, 5.74) is 2.10. The molecule has 1 N–H and O–H groups in total. The number of benzene rings is 1. The molecule has 4 nitrogen and oxygen atoms in total. The highest BCUT2D eigenvalue weighted by atomic mass is 16.1. The average Bonchev–Trinajstić information content (AvgIpc) is 3.05. The lowest BCUT2D eigenvalue weighted by atomic mass is 9.65. The fourth-order valence-corrected chi connectivity index (χ4v) is 6.43. The van der Waals surface area contributed by atoms with Crippen LogP contribution in [0, 0.1) is 17.8 Å². The first kappa shape index (κ1) is 17.5. The third kappa shape index (κ3) is 3.37. The lowest BCUT2D eigenvalue weighted by molar-refractivity contribution is 0.0614. The van der Waals surface area contributed by atoms with Crippen LogP contribution in [-0.4, -0.2) is 34.1 Å². The normalized spacial score (nSPS) is 30.4. The molecule has 3 aliphatic rings. The zero-order valence-electron chi connectivity index (χ0n) is 16.4. The second-order valence-electron chi connectivity index (χ2n) is 9.25. The van der Waals surface area contributed by atoms with E-state index in [-0.39, 0.29) is 5.69 Å². The summed E-state index contributed by atoms with van der Waals surface area (Å²) < 4.78 is 2.02. The van der Waals surface area contributed by atoms with Gasteiger partial charge in [0.05, 0.1) is 11.0 Å². The number of rotatable bonds is 3. The molecule has 1 aromatic heterocycles. The van der Waals surface area contributed by atoms with Crippen molar-refractivity contribution in [2.24, 2.45) is 17.8 Å². The van der Waals surface area contributed by atoms with Crippen LogP contribution in [0.3, 0.4) is 0 Å². The summed E-state index contributed by atoms with van der Waals surface area (Å²) in [6.45, 7) is 3.59. The summed E-state index contributed by atoms with van der Waals surface area (Å²) in [7, 11) is 0. The number of hydrogen-bond donors (Lipinski definition) is 1. The minimum Gasteiger partial charge on any atom is -0.306 e. The molecule has 0 amide bonds. The Morgan fingerprint density at radius 1 is 0.926 bits per heavy atom. The van der Waals surface area contributed by atoms with Gasteiger partial charge in [0.1, 0.15) is 0 Å². The van der Waals surface area contributed by atoms with Crippen LogP contribution in [-0.2, 0) is 0 Å². The van der Waals surface area contributed by atoms with Gasteiger partial charge in [0, 0.05) is 25.7 Å². The molecule has 0 spiro atoms. The maximum absolute atomic E-state index is 12.5. The molecule has 1 aromatic carbocycles. The molecule has 2 aromatic rings. The Bertz CT molecular complexity index is 828. The number of aromatic amines is 1. The van der Waals surface area contributed by atoms with E-state index in [9.17, 15) is 4.79 Å². The molecule has 5 rings (SSSR count). The number of nitrogens with zero attached hydrogens (tertiary/aromatic N) is 2. The zero-order valence-corrected chi connectivity index (χ0v) is 16.4. The van der Waals surface area contributed by atoms with Crippen LogP contribution >= 0.6 is 0 Å². The van der Waals surface area contributed by atoms with Gasteiger partial charge in [0.2, 0.25) is 0 Å². The number of imidazole rings is 1. The van der Waals surface area contributed by atoms with Crippen molar-refractivity contribution < 1.29 is 0 Å². The molecule has 0 bridgehead atoms. The Morgan fingerprint density at radius 2 is 1.70 bits per heavy atom. The van der Waals surface area contributed by atoms with Gasteiger partial charge in [-0.15, -0.1) is 0 Å². The summed E-state index contributed by atoms with van der Waals surface area (Å²) in [5, 5.41) is 0. The molecule has 1 saturated heterocycles. The SMILES string of the molecule is O=c1[nH]c2ccccc2n1C1CCN(CC2CCCC3CCCCC32)CC1. The maximum Gasteiger partial charge on any atom is 0.326 e. The van der Waals surface area contributed by atoms with Crippen molar-refractivity contribution in [2.75, 3.05) is 19.6 Å². The lowest BCUT2D eigenvalue weighted by Gasteiger charge is -2.44. The summed E-state index contributed by atoms with van der Waals surface area (Å²) in [6, 6.07) is 8.45. The number of likely N-dealkylation sites (tertiary alicyclic amines) is 1. The first-order valence-electron chi connectivity index (χ1n) is 11.2. The second-order valence-corrected chi connectivity index (χ2v) is 9.25. The summed E-state index contributed by atoms with van der Waals surface area (Å²) in [6.07, 6.45) is 12.5. The quantitative estimate of drug-likeness (QED) is 0.863. The third-order valence-electron chi connectivity index (χ3n) is 7.76. The van der Waals surface area contributed by atoms with Gasteiger partial charge in [-0.3, -0.25) is 4.57 Å². The Labute approximate surface area is 161 Å². The van der Waals surface area contributed by atoms with E-state index in [1.54, 1.807) is 0 Å². The highest BCUT2D eigenvalue weighted by molar-refractivity contribution is 5.75. The molecule has 3 atom stereocenters. The number of piperidine rings is 1. The van der Waals surface area contributed by atoms with Gasteiger partial charge in [-0.25, -0.2) is 4.79 Å². The summed E-state index contributed by atoms with van der Waals surface area (Å²) >= 11 is 0. The van der Waals surface area contributed by atoms with Crippen LogP contribution < -0.4 is 5.69 Å². The first-order valence-corrected chi connectivity index (χ1v) is 11.2. The van der Waals surface area contributed by atoms with Crippen molar-refractivity contribution in [3.8, 4) is 0 Å². The van der Waals surface area contributed by atoms with Crippen molar-refractivity contribution in [1.29, 1.82) is 0 Å². The van der Waals surface area contributed by atoms with Crippen molar-refractivity contribution in [2.45, 2.75) is 63.8 Å². The van der Waals surface area contributed by atoms with E-state index in [1.165, 1.54) is 51.5 Å². The Hall–Kier alpha value is -1.55. The predicted octanol–water partition coefficient (Wildman–Crippen LogP) is 4.57. The standard InChI is InChI=1S/C23H33N3O/c27-23-24-21-10-3-4-11-22(21)26(23)19-12-14-25(15-13-19)16-18-8-5-7-17-6-1-2-9-20(17)18/h3-4,10-11,17-20H,1-2,5-9,12-16H2,(H,24,27). The van der Waals surface area contributed by atoms with E-state index < -0.39 is 0 Å². The molecule has 146 valence electrons. The third-order valence-corrected chi connectivity index (χ3v) is 7.76. The van der Waals surface area contributed by atoms with E-state index in [0.717, 1.165) is 54.7 Å². The van der Waals surface area contributed by atoms with Crippen LogP contribution in [0.25, 0.3) is 11.0 Å². The van der Waals surface area contributed by atoms with Crippen molar-refractivity contribution in [1.82, 2.24) is 14.5 Å². The Kier molecular flexibility index (Phi) is 4.85. The molecule has 3 unspecified atom stereocenters. The smallest absolute Gasteiger partial charge is 0.306 e. The molecule has 1 aliphatic heterocycles. The highest BCUT2D eigenvalue weighted by Gasteiger charge is 2.36. The van der Waals surface area contributed by atoms with Crippen LogP contribution in [0.15, 0.2) is 29.1 Å². The van der Waals surface area contributed by atoms with Crippen LogP contribution in [0.1, 0.15) is 63.8 Å². The fraction of sp³-hybridized carbons (Fsp3) is 0.696. The van der Waals surface area contributed by atoms with E-state index >= 15 is 0 Å². The van der Waals surface area contributed by atoms with E-state index in [4.69, 9.17) is 0 Å². The van der Waals surface area contributed by atoms with E-state index in [1.807, 2.05) is 22.8 Å². The van der Waals surface area contributed by atoms with Crippen molar-refractivity contribution in [3.63, 3.8) is 0 Å². The Balaban J connectivity index is 1.24. The molecule has 27 heavy (non-hydrogen) atoms. The van der Waals surface area contributed by atoms with Crippen LogP contribution in [0.4, 0.5) is 0 Å². The van der Waals surface area contributed by atoms with Gasteiger partial charge in [-0.1, -0.05) is 44.2 Å². The van der Waals surface area contributed by atoms with Crippen molar-refractivity contribution >= 4 is 11.0 Å². The summed E-state index contributed by atoms with van der Waals surface area (Å²) in [4.78, 5) is 18.2. The summed E-state index contributed by atoms with van der Waals surface area (Å²) in [5.74, 6) is 2.96. The fourth-order valence-electron chi connectivity index (χ4n) is 6.43. The average molecular weight is 368 g/mol. The molecule has 3 fully saturated rings. The minimum atomic E-state index is 0.0620. The molecular weight excluding hydrogens is 334 g/mol. The largest absolute Gasteiger partial charge is 0.326 e. The molecule has 4 heteroatoms. The highest BCUT2D eigenvalue weighted by Crippen LogP contribution is 2.44. The van der Waals surface area contributed by atoms with Crippen LogP contribution in [0.5, 0.6) is 0 Å². The number of aromatic nitrogens is 2. The number of para-hydroxylation sites is 2. The molecular formula is C23H33N3O. The van der Waals surface area contributed by atoms with Crippen LogP contribution in [0.2, 0.25) is 0 Å². The molecule has 2 heterocycles. The molecule has 0 radical (unpaired) electrons. The van der Waals surface area contributed by atoms with Crippen molar-refractivity contribution in [3.05, 3.63) is 34.7 Å². The van der Waals surface area contributed by atoms with Gasteiger partial charge < -0.3 is 9.88 Å². The molecule has 2 aliphatic carbocycles. The predicted molar refractivity (Wildman–Crippen MR) is 110 cm³/mol. The maximum atomic E-state index is 12.5.